The molecule has 21 heavy (non-hydrogen) atoms. The molecule has 1 amide bonds. The standard InChI is InChI=1S/C17H22N2OS/c1-17(12-18)7-9-19(10-8-17)16(20)15-11-13-5-3-2-4-6-14(13)21-15/h11H,2-10H2,1H3. The first kappa shape index (κ1) is 14.6. The van der Waals surface area contributed by atoms with E-state index in [1.165, 1.54) is 29.7 Å². The summed E-state index contributed by atoms with van der Waals surface area (Å²) in [7, 11) is 0. The van der Waals surface area contributed by atoms with Crippen molar-refractivity contribution in [3.63, 3.8) is 0 Å². The zero-order chi connectivity index (χ0) is 14.9. The lowest BCUT2D eigenvalue weighted by molar-refractivity contribution is 0.0666. The molecule has 2 heterocycles. The van der Waals surface area contributed by atoms with Crippen LogP contribution in [0, 0.1) is 16.7 Å². The smallest absolute Gasteiger partial charge is 0.263 e. The van der Waals surface area contributed by atoms with Gasteiger partial charge in [0, 0.05) is 18.0 Å². The molecule has 1 aromatic heterocycles. The quantitative estimate of drug-likeness (QED) is 0.741. The van der Waals surface area contributed by atoms with Gasteiger partial charge in [-0.15, -0.1) is 11.3 Å². The summed E-state index contributed by atoms with van der Waals surface area (Å²) in [6.45, 7) is 3.43. The fourth-order valence-electron chi connectivity index (χ4n) is 3.24. The van der Waals surface area contributed by atoms with E-state index in [-0.39, 0.29) is 11.3 Å². The highest BCUT2D eigenvalue weighted by molar-refractivity contribution is 7.14. The SMILES string of the molecule is CC1(C#N)CCN(C(=O)c2cc3c(s2)CCCCC3)CC1. The predicted molar refractivity (Wildman–Crippen MR) is 84.4 cm³/mol. The lowest BCUT2D eigenvalue weighted by Crippen LogP contribution is -2.41. The molecule has 0 bridgehead atoms. The second-order valence-corrected chi connectivity index (χ2v) is 7.72. The van der Waals surface area contributed by atoms with Crippen molar-refractivity contribution in [1.82, 2.24) is 4.90 Å². The molecule has 1 saturated heterocycles. The van der Waals surface area contributed by atoms with E-state index < -0.39 is 0 Å². The van der Waals surface area contributed by atoms with Crippen LogP contribution in [0.2, 0.25) is 0 Å². The van der Waals surface area contributed by atoms with Crippen LogP contribution in [-0.2, 0) is 12.8 Å². The topological polar surface area (TPSA) is 44.1 Å². The van der Waals surface area contributed by atoms with Gasteiger partial charge in [-0.3, -0.25) is 4.79 Å². The molecule has 3 rings (SSSR count). The fourth-order valence-corrected chi connectivity index (χ4v) is 4.47. The van der Waals surface area contributed by atoms with Gasteiger partial charge < -0.3 is 4.90 Å². The molecule has 0 radical (unpaired) electrons. The Balaban J connectivity index is 1.71. The fraction of sp³-hybridized carbons (Fsp3) is 0.647. The average Bonchev–Trinajstić information content (AvgIpc) is 2.78. The van der Waals surface area contributed by atoms with Crippen LogP contribution < -0.4 is 0 Å². The van der Waals surface area contributed by atoms with E-state index in [1.54, 1.807) is 11.3 Å². The second kappa shape index (κ2) is 5.81. The van der Waals surface area contributed by atoms with Crippen molar-refractivity contribution in [2.75, 3.05) is 13.1 Å². The number of thiophene rings is 1. The largest absolute Gasteiger partial charge is 0.338 e. The minimum atomic E-state index is -0.247. The Kier molecular flexibility index (Phi) is 4.03. The second-order valence-electron chi connectivity index (χ2n) is 6.58. The molecule has 3 nitrogen and oxygen atoms in total. The molecule has 1 aliphatic heterocycles. The van der Waals surface area contributed by atoms with Gasteiger partial charge in [-0.2, -0.15) is 5.26 Å². The maximum atomic E-state index is 12.7. The molecule has 0 atom stereocenters. The molecule has 4 heteroatoms. The first-order chi connectivity index (χ1) is 10.1. The predicted octanol–water partition coefficient (Wildman–Crippen LogP) is 3.78. The van der Waals surface area contributed by atoms with E-state index in [2.05, 4.69) is 12.1 Å². The Hall–Kier alpha value is -1.34. The van der Waals surface area contributed by atoms with Gasteiger partial charge in [0.25, 0.3) is 5.91 Å². The van der Waals surface area contributed by atoms with Gasteiger partial charge in [0.15, 0.2) is 0 Å². The molecule has 0 unspecified atom stereocenters. The van der Waals surface area contributed by atoms with Crippen molar-refractivity contribution in [2.45, 2.75) is 51.9 Å². The third-order valence-electron chi connectivity index (χ3n) is 4.88. The van der Waals surface area contributed by atoms with Crippen LogP contribution in [0.25, 0.3) is 0 Å². The summed E-state index contributed by atoms with van der Waals surface area (Å²) in [5, 5.41) is 9.18. The Bertz CT molecular complexity index is 553. The van der Waals surface area contributed by atoms with E-state index >= 15 is 0 Å². The van der Waals surface area contributed by atoms with Gasteiger partial charge in [0.05, 0.1) is 16.4 Å². The Morgan fingerprint density at radius 1 is 1.29 bits per heavy atom. The molecule has 0 saturated carbocycles. The van der Waals surface area contributed by atoms with Crippen molar-refractivity contribution < 1.29 is 4.79 Å². The minimum Gasteiger partial charge on any atom is -0.338 e. The van der Waals surface area contributed by atoms with E-state index in [4.69, 9.17) is 0 Å². The number of carbonyl (C=O) groups excluding carboxylic acids is 1. The summed E-state index contributed by atoms with van der Waals surface area (Å²) in [6, 6.07) is 4.52. The number of carbonyl (C=O) groups is 1. The van der Waals surface area contributed by atoms with Crippen LogP contribution >= 0.6 is 11.3 Å². The number of piperidine rings is 1. The summed E-state index contributed by atoms with van der Waals surface area (Å²) in [5.41, 5.74) is 1.16. The number of nitriles is 1. The highest BCUT2D eigenvalue weighted by atomic mass is 32.1. The van der Waals surface area contributed by atoms with Crippen LogP contribution in [0.3, 0.4) is 0 Å². The third-order valence-corrected chi connectivity index (χ3v) is 6.11. The van der Waals surface area contributed by atoms with Gasteiger partial charge in [-0.05, 0) is 57.1 Å². The lowest BCUT2D eigenvalue weighted by atomic mass is 9.82. The molecule has 2 aliphatic rings. The number of aryl methyl sites for hydroxylation is 2. The summed E-state index contributed by atoms with van der Waals surface area (Å²) < 4.78 is 0. The average molecular weight is 302 g/mol. The van der Waals surface area contributed by atoms with E-state index in [9.17, 15) is 10.1 Å². The molecular weight excluding hydrogens is 280 g/mol. The number of hydrogen-bond acceptors (Lipinski definition) is 3. The highest BCUT2D eigenvalue weighted by Gasteiger charge is 2.32. The number of likely N-dealkylation sites (tertiary alicyclic amines) is 1. The summed E-state index contributed by atoms with van der Waals surface area (Å²) in [4.78, 5) is 16.9. The maximum absolute atomic E-state index is 12.7. The number of hydrogen-bond donors (Lipinski definition) is 0. The zero-order valence-electron chi connectivity index (χ0n) is 12.7. The highest BCUT2D eigenvalue weighted by Crippen LogP contribution is 2.33. The molecule has 1 aromatic rings. The lowest BCUT2D eigenvalue weighted by Gasteiger charge is -2.34. The van der Waals surface area contributed by atoms with Gasteiger partial charge in [-0.25, -0.2) is 0 Å². The van der Waals surface area contributed by atoms with Gasteiger partial charge in [0.2, 0.25) is 0 Å². The van der Waals surface area contributed by atoms with Crippen LogP contribution in [0.4, 0.5) is 0 Å². The third kappa shape index (κ3) is 2.98. The van der Waals surface area contributed by atoms with Crippen molar-refractivity contribution in [3.05, 3.63) is 21.4 Å². The summed E-state index contributed by atoms with van der Waals surface area (Å²) in [6.07, 6.45) is 7.67. The monoisotopic (exact) mass is 302 g/mol. The minimum absolute atomic E-state index is 0.174. The molecule has 1 aliphatic carbocycles. The first-order valence-electron chi connectivity index (χ1n) is 7.93. The van der Waals surface area contributed by atoms with Gasteiger partial charge in [0.1, 0.15) is 0 Å². The van der Waals surface area contributed by atoms with Crippen LogP contribution in [0.15, 0.2) is 6.07 Å². The van der Waals surface area contributed by atoms with Gasteiger partial charge in [-0.1, -0.05) is 6.42 Å². The molecule has 0 N–H and O–H groups in total. The Morgan fingerprint density at radius 3 is 2.71 bits per heavy atom. The Labute approximate surface area is 130 Å². The van der Waals surface area contributed by atoms with Crippen molar-refractivity contribution in [1.29, 1.82) is 5.26 Å². The molecular formula is C17H22N2OS. The Morgan fingerprint density at radius 2 is 2.00 bits per heavy atom. The van der Waals surface area contributed by atoms with Crippen LogP contribution in [0.1, 0.15) is 59.1 Å². The molecule has 1 fully saturated rings. The maximum Gasteiger partial charge on any atom is 0.263 e. The van der Waals surface area contributed by atoms with Crippen LogP contribution in [-0.4, -0.2) is 23.9 Å². The molecule has 0 spiro atoms. The van der Waals surface area contributed by atoms with E-state index in [1.807, 2.05) is 11.8 Å². The van der Waals surface area contributed by atoms with Crippen molar-refractivity contribution in [3.8, 4) is 6.07 Å². The summed E-state index contributed by atoms with van der Waals surface area (Å²) >= 11 is 1.70. The molecule has 0 aromatic carbocycles. The number of fused-ring (bicyclic) bond motifs is 1. The van der Waals surface area contributed by atoms with E-state index in [0.717, 1.165) is 30.6 Å². The first-order valence-corrected chi connectivity index (χ1v) is 8.75. The van der Waals surface area contributed by atoms with Crippen molar-refractivity contribution >= 4 is 17.2 Å². The van der Waals surface area contributed by atoms with E-state index in [0.29, 0.717) is 13.1 Å². The molecule has 112 valence electrons. The van der Waals surface area contributed by atoms with Gasteiger partial charge >= 0.3 is 0 Å². The zero-order valence-corrected chi connectivity index (χ0v) is 13.5. The van der Waals surface area contributed by atoms with Crippen LogP contribution in [0.5, 0.6) is 0 Å². The number of amides is 1. The number of rotatable bonds is 1. The summed E-state index contributed by atoms with van der Waals surface area (Å²) in [5.74, 6) is 0.174. The number of nitrogens with zero attached hydrogens (tertiary/aromatic N) is 2. The normalized spacial score (nSPS) is 21.2. The van der Waals surface area contributed by atoms with Crippen molar-refractivity contribution in [2.24, 2.45) is 5.41 Å².